The molecule has 0 aliphatic heterocycles. The second-order valence-electron chi connectivity index (χ2n) is 17.5. The number of rotatable bonds is 4. The highest BCUT2D eigenvalue weighted by molar-refractivity contribution is 6.26. The summed E-state index contributed by atoms with van der Waals surface area (Å²) in [5, 5.41) is 15.1. The van der Waals surface area contributed by atoms with Crippen LogP contribution < -0.4 is 4.90 Å². The van der Waals surface area contributed by atoms with Gasteiger partial charge in [-0.2, -0.15) is 0 Å². The Bertz CT molecular complexity index is 3190. The first kappa shape index (κ1) is 31.1. The molecule has 56 heavy (non-hydrogen) atoms. The summed E-state index contributed by atoms with van der Waals surface area (Å²) in [5.74, 6) is 2.61. The molecule has 0 amide bonds. The third kappa shape index (κ3) is 4.39. The molecule has 0 N–H and O–H groups in total. The van der Waals surface area contributed by atoms with Crippen molar-refractivity contribution >= 4 is 92.9 Å². The van der Waals surface area contributed by atoms with Gasteiger partial charge in [-0.25, -0.2) is 0 Å². The molecule has 9 aromatic carbocycles. The van der Waals surface area contributed by atoms with Crippen molar-refractivity contribution in [1.82, 2.24) is 0 Å². The summed E-state index contributed by atoms with van der Waals surface area (Å²) >= 11 is 0. The van der Waals surface area contributed by atoms with Gasteiger partial charge in [-0.1, -0.05) is 121 Å². The van der Waals surface area contributed by atoms with Crippen LogP contribution >= 0.6 is 0 Å². The first-order chi connectivity index (χ1) is 27.7. The first-order valence-corrected chi connectivity index (χ1v) is 20.7. The molecule has 4 fully saturated rings. The summed E-state index contributed by atoms with van der Waals surface area (Å²) in [7, 11) is 0. The van der Waals surface area contributed by atoms with E-state index >= 15 is 0 Å². The van der Waals surface area contributed by atoms with Crippen molar-refractivity contribution in [1.29, 1.82) is 0 Å². The van der Waals surface area contributed by atoms with Gasteiger partial charge in [0.2, 0.25) is 0 Å². The number of hydrogen-bond donors (Lipinski definition) is 0. The summed E-state index contributed by atoms with van der Waals surface area (Å²) in [6, 6.07) is 58.9. The van der Waals surface area contributed by atoms with Crippen LogP contribution in [0.2, 0.25) is 0 Å². The number of anilines is 3. The molecule has 0 radical (unpaired) electrons. The maximum atomic E-state index is 7.00. The number of nitrogens with zero attached hydrogens (tertiary/aromatic N) is 1. The van der Waals surface area contributed by atoms with Crippen LogP contribution in [0.25, 0.3) is 75.8 Å². The Hall–Kier alpha value is -6.12. The molecule has 0 unspecified atom stereocenters. The number of hydrogen-bond acceptors (Lipinski definition) is 2. The molecule has 10 aromatic rings. The zero-order valence-corrected chi connectivity index (χ0v) is 31.3. The molecule has 0 atom stereocenters. The normalized spacial score (nSPS) is 21.8. The van der Waals surface area contributed by atoms with Crippen LogP contribution in [0.4, 0.5) is 17.1 Å². The standard InChI is InChI=1S/C54H41NO/c1-2-11-37-27-38(21-20-36(37)10-1)55(39-22-23-44-42-14-4-3-12-40(42)41-13-5-6-15-43(41)47(44)28-39)50-29-48-52-49(54-30-33-24-34(31-54)26-35(25-33)32-54)18-9-19-51(52)56-53(48)46-17-8-7-16-45(46)50/h1-23,27-29,33-35H,24-26,30-32H2. The second-order valence-corrected chi connectivity index (χ2v) is 17.5. The maximum Gasteiger partial charge on any atom is 0.143 e. The van der Waals surface area contributed by atoms with E-state index in [2.05, 4.69) is 163 Å². The van der Waals surface area contributed by atoms with Gasteiger partial charge >= 0.3 is 0 Å². The predicted molar refractivity (Wildman–Crippen MR) is 236 cm³/mol. The Morgan fingerprint density at radius 3 is 1.68 bits per heavy atom. The highest BCUT2D eigenvalue weighted by Crippen LogP contribution is 2.62. The summed E-state index contributed by atoms with van der Waals surface area (Å²) in [6.45, 7) is 0. The van der Waals surface area contributed by atoms with Crippen LogP contribution in [0.15, 0.2) is 162 Å². The average molecular weight is 720 g/mol. The van der Waals surface area contributed by atoms with Crippen molar-refractivity contribution < 1.29 is 4.42 Å². The van der Waals surface area contributed by atoms with Gasteiger partial charge in [-0.3, -0.25) is 0 Å². The molecule has 1 aromatic heterocycles. The van der Waals surface area contributed by atoms with Crippen LogP contribution in [-0.2, 0) is 5.41 Å². The van der Waals surface area contributed by atoms with Crippen molar-refractivity contribution in [2.45, 2.75) is 43.9 Å². The quantitative estimate of drug-likeness (QED) is 0.168. The topological polar surface area (TPSA) is 16.4 Å². The molecule has 268 valence electrons. The van der Waals surface area contributed by atoms with Gasteiger partial charge < -0.3 is 9.32 Å². The molecule has 0 saturated heterocycles. The van der Waals surface area contributed by atoms with E-state index in [9.17, 15) is 0 Å². The molecule has 4 aliphatic carbocycles. The Balaban J connectivity index is 1.12. The van der Waals surface area contributed by atoms with Gasteiger partial charge in [0.25, 0.3) is 0 Å². The van der Waals surface area contributed by atoms with E-state index in [1.54, 1.807) is 0 Å². The predicted octanol–water partition coefficient (Wildman–Crippen LogP) is 15.3. The zero-order chi connectivity index (χ0) is 36.5. The lowest BCUT2D eigenvalue weighted by atomic mass is 9.48. The lowest BCUT2D eigenvalue weighted by Crippen LogP contribution is -2.48. The van der Waals surface area contributed by atoms with E-state index in [1.807, 2.05) is 0 Å². The highest BCUT2D eigenvalue weighted by Gasteiger charge is 2.52. The Labute approximate surface area is 326 Å². The summed E-state index contributed by atoms with van der Waals surface area (Å²) < 4.78 is 7.00. The van der Waals surface area contributed by atoms with Gasteiger partial charge in [0.15, 0.2) is 0 Å². The Morgan fingerprint density at radius 1 is 0.429 bits per heavy atom. The zero-order valence-electron chi connectivity index (χ0n) is 31.3. The lowest BCUT2D eigenvalue weighted by molar-refractivity contribution is -0.00448. The van der Waals surface area contributed by atoms with Gasteiger partial charge in [0, 0.05) is 32.9 Å². The minimum absolute atomic E-state index is 0.247. The monoisotopic (exact) mass is 719 g/mol. The van der Waals surface area contributed by atoms with E-state index in [4.69, 9.17) is 4.42 Å². The molecule has 4 saturated carbocycles. The fraction of sp³-hybridized carbons (Fsp3) is 0.185. The minimum atomic E-state index is 0.247. The van der Waals surface area contributed by atoms with E-state index in [0.717, 1.165) is 45.7 Å². The van der Waals surface area contributed by atoms with Crippen LogP contribution in [0, 0.1) is 17.8 Å². The molecular weight excluding hydrogens is 679 g/mol. The molecule has 4 aliphatic rings. The van der Waals surface area contributed by atoms with Crippen LogP contribution in [0.1, 0.15) is 44.1 Å². The Morgan fingerprint density at radius 2 is 0.982 bits per heavy atom. The third-order valence-electron chi connectivity index (χ3n) is 14.3. The molecule has 1 heterocycles. The minimum Gasteiger partial charge on any atom is -0.455 e. The van der Waals surface area contributed by atoms with Crippen LogP contribution in [0.5, 0.6) is 0 Å². The summed E-state index contributed by atoms with van der Waals surface area (Å²) in [4.78, 5) is 2.52. The van der Waals surface area contributed by atoms with Crippen molar-refractivity contribution in [2.75, 3.05) is 4.90 Å². The van der Waals surface area contributed by atoms with Crippen LogP contribution in [0.3, 0.4) is 0 Å². The van der Waals surface area contributed by atoms with E-state index in [0.29, 0.717) is 0 Å². The molecule has 4 bridgehead atoms. The van der Waals surface area contributed by atoms with Gasteiger partial charge in [-0.05, 0) is 147 Å². The van der Waals surface area contributed by atoms with Crippen molar-refractivity contribution in [3.8, 4) is 0 Å². The van der Waals surface area contributed by atoms with E-state index < -0.39 is 0 Å². The first-order valence-electron chi connectivity index (χ1n) is 20.7. The molecule has 0 spiro atoms. The number of fused-ring (bicyclic) bond motifs is 12. The van der Waals surface area contributed by atoms with E-state index in [1.165, 1.54) is 109 Å². The molecular formula is C54H41NO. The van der Waals surface area contributed by atoms with Gasteiger partial charge in [0.05, 0.1) is 5.69 Å². The second kappa shape index (κ2) is 11.5. The molecule has 2 heteroatoms. The summed E-state index contributed by atoms with van der Waals surface area (Å²) in [5.41, 5.74) is 7.28. The maximum absolute atomic E-state index is 7.00. The molecule has 2 nitrogen and oxygen atoms in total. The summed E-state index contributed by atoms with van der Waals surface area (Å²) in [6.07, 6.45) is 8.30. The fourth-order valence-electron chi connectivity index (χ4n) is 12.5. The number of furan rings is 1. The van der Waals surface area contributed by atoms with E-state index in [-0.39, 0.29) is 5.41 Å². The van der Waals surface area contributed by atoms with Crippen molar-refractivity contribution in [3.63, 3.8) is 0 Å². The number of benzene rings is 9. The largest absolute Gasteiger partial charge is 0.455 e. The average Bonchev–Trinajstić information content (AvgIpc) is 3.62. The lowest BCUT2D eigenvalue weighted by Gasteiger charge is -2.57. The fourth-order valence-corrected chi connectivity index (χ4v) is 12.5. The van der Waals surface area contributed by atoms with Gasteiger partial charge in [0.1, 0.15) is 11.2 Å². The highest BCUT2D eigenvalue weighted by atomic mass is 16.3. The Kier molecular flexibility index (Phi) is 6.37. The molecule has 14 rings (SSSR count). The van der Waals surface area contributed by atoms with Gasteiger partial charge in [-0.15, -0.1) is 0 Å². The van der Waals surface area contributed by atoms with Crippen LogP contribution in [-0.4, -0.2) is 0 Å². The van der Waals surface area contributed by atoms with Crippen molar-refractivity contribution in [3.05, 3.63) is 163 Å². The SMILES string of the molecule is c1ccc2cc(N(c3ccc4c5ccccc5c5ccccc5c4c3)c3cc4c(oc5cccc(C67CC8CC(CC(C8)C6)C7)c54)c4ccccc34)ccc2c1. The smallest absolute Gasteiger partial charge is 0.143 e. The third-order valence-corrected chi connectivity index (χ3v) is 14.3. The van der Waals surface area contributed by atoms with Crippen molar-refractivity contribution in [2.24, 2.45) is 17.8 Å².